The first-order valence-electron chi connectivity index (χ1n) is 4.98. The highest BCUT2D eigenvalue weighted by atomic mass is 16.5. The van der Waals surface area contributed by atoms with Gasteiger partial charge in [-0.3, -0.25) is 9.97 Å². The molecule has 4 nitrogen and oxygen atoms in total. The van der Waals surface area contributed by atoms with Gasteiger partial charge in [0.2, 0.25) is 0 Å². The summed E-state index contributed by atoms with van der Waals surface area (Å²) in [6.45, 7) is 0. The molecule has 1 atom stereocenters. The summed E-state index contributed by atoms with van der Waals surface area (Å²) in [5, 5.41) is 0. The normalized spacial score (nSPS) is 12.1. The van der Waals surface area contributed by atoms with E-state index in [4.69, 9.17) is 10.5 Å². The minimum absolute atomic E-state index is 0.364. The lowest BCUT2D eigenvalue weighted by Gasteiger charge is -2.13. The van der Waals surface area contributed by atoms with Crippen LogP contribution in [0.4, 0.5) is 0 Å². The lowest BCUT2D eigenvalue weighted by molar-refractivity contribution is 0.404. The molecule has 0 spiro atoms. The Labute approximate surface area is 94.1 Å². The fourth-order valence-electron chi connectivity index (χ4n) is 1.51. The Bertz CT molecular complexity index is 459. The molecular formula is C12H13N3O. The van der Waals surface area contributed by atoms with Gasteiger partial charge >= 0.3 is 0 Å². The summed E-state index contributed by atoms with van der Waals surface area (Å²) in [6, 6.07) is 8.92. The number of rotatable bonds is 3. The molecule has 16 heavy (non-hydrogen) atoms. The van der Waals surface area contributed by atoms with Gasteiger partial charge in [0.15, 0.2) is 0 Å². The van der Waals surface area contributed by atoms with Crippen LogP contribution < -0.4 is 10.5 Å². The SMILES string of the molecule is COc1cccnc1C(N)c1ccccn1. The second kappa shape index (κ2) is 4.72. The highest BCUT2D eigenvalue weighted by Gasteiger charge is 2.15. The van der Waals surface area contributed by atoms with E-state index in [9.17, 15) is 0 Å². The van der Waals surface area contributed by atoms with Gasteiger partial charge in [-0.15, -0.1) is 0 Å². The van der Waals surface area contributed by atoms with E-state index in [0.717, 1.165) is 5.69 Å². The van der Waals surface area contributed by atoms with Crippen molar-refractivity contribution >= 4 is 0 Å². The monoisotopic (exact) mass is 215 g/mol. The molecule has 2 N–H and O–H groups in total. The van der Waals surface area contributed by atoms with Crippen LogP contribution in [0.25, 0.3) is 0 Å². The molecule has 0 saturated heterocycles. The predicted octanol–water partition coefficient (Wildman–Crippen LogP) is 1.53. The number of hydrogen-bond donors (Lipinski definition) is 1. The second-order valence-electron chi connectivity index (χ2n) is 3.32. The third kappa shape index (κ3) is 2.01. The van der Waals surface area contributed by atoms with Crippen molar-refractivity contribution < 1.29 is 4.74 Å². The fourth-order valence-corrected chi connectivity index (χ4v) is 1.51. The van der Waals surface area contributed by atoms with Gasteiger partial charge < -0.3 is 10.5 Å². The van der Waals surface area contributed by atoms with Crippen LogP contribution in [0.3, 0.4) is 0 Å². The lowest BCUT2D eigenvalue weighted by Crippen LogP contribution is -2.15. The van der Waals surface area contributed by atoms with Gasteiger partial charge in [-0.1, -0.05) is 6.07 Å². The number of aromatic nitrogens is 2. The van der Waals surface area contributed by atoms with E-state index in [1.807, 2.05) is 30.3 Å². The first-order chi connectivity index (χ1) is 7.83. The van der Waals surface area contributed by atoms with E-state index in [2.05, 4.69) is 9.97 Å². The summed E-state index contributed by atoms with van der Waals surface area (Å²) < 4.78 is 5.22. The average molecular weight is 215 g/mol. The van der Waals surface area contributed by atoms with Crippen molar-refractivity contribution in [3.63, 3.8) is 0 Å². The number of nitrogens with two attached hydrogens (primary N) is 1. The molecule has 0 saturated carbocycles. The van der Waals surface area contributed by atoms with Crippen LogP contribution in [0, 0.1) is 0 Å². The maximum atomic E-state index is 6.09. The van der Waals surface area contributed by atoms with Crippen molar-refractivity contribution in [3.8, 4) is 5.75 Å². The van der Waals surface area contributed by atoms with Crippen molar-refractivity contribution in [1.82, 2.24) is 9.97 Å². The number of ether oxygens (including phenoxy) is 1. The Morgan fingerprint density at radius 2 is 1.94 bits per heavy atom. The fraction of sp³-hybridized carbons (Fsp3) is 0.167. The highest BCUT2D eigenvalue weighted by molar-refractivity contribution is 5.33. The molecule has 0 aromatic carbocycles. The van der Waals surface area contributed by atoms with Gasteiger partial charge in [-0.05, 0) is 24.3 Å². The molecule has 2 rings (SSSR count). The Balaban J connectivity index is 2.37. The van der Waals surface area contributed by atoms with Gasteiger partial charge in [0.1, 0.15) is 11.4 Å². The quantitative estimate of drug-likeness (QED) is 0.843. The summed E-state index contributed by atoms with van der Waals surface area (Å²) in [5.74, 6) is 0.681. The molecule has 1 unspecified atom stereocenters. The molecule has 2 aromatic rings. The molecular weight excluding hydrogens is 202 g/mol. The van der Waals surface area contributed by atoms with Crippen LogP contribution >= 0.6 is 0 Å². The molecule has 0 radical (unpaired) electrons. The Morgan fingerprint density at radius 3 is 2.62 bits per heavy atom. The van der Waals surface area contributed by atoms with Crippen molar-refractivity contribution in [3.05, 3.63) is 54.1 Å². The van der Waals surface area contributed by atoms with E-state index in [0.29, 0.717) is 11.4 Å². The van der Waals surface area contributed by atoms with E-state index in [-0.39, 0.29) is 6.04 Å². The maximum absolute atomic E-state index is 6.09. The average Bonchev–Trinajstić information content (AvgIpc) is 2.39. The molecule has 4 heteroatoms. The van der Waals surface area contributed by atoms with Gasteiger partial charge in [0.05, 0.1) is 18.8 Å². The predicted molar refractivity (Wildman–Crippen MR) is 61.1 cm³/mol. The van der Waals surface area contributed by atoms with E-state index in [1.165, 1.54) is 0 Å². The number of methoxy groups -OCH3 is 1. The summed E-state index contributed by atoms with van der Waals surface area (Å²) >= 11 is 0. The molecule has 0 fully saturated rings. The topological polar surface area (TPSA) is 61.0 Å². The molecule has 0 aliphatic rings. The van der Waals surface area contributed by atoms with Gasteiger partial charge in [0.25, 0.3) is 0 Å². The third-order valence-electron chi connectivity index (χ3n) is 2.32. The van der Waals surface area contributed by atoms with Gasteiger partial charge in [-0.25, -0.2) is 0 Å². The van der Waals surface area contributed by atoms with E-state index < -0.39 is 0 Å². The first-order valence-corrected chi connectivity index (χ1v) is 4.98. The highest BCUT2D eigenvalue weighted by Crippen LogP contribution is 2.24. The number of nitrogens with zero attached hydrogens (tertiary/aromatic N) is 2. The van der Waals surface area contributed by atoms with Gasteiger partial charge in [-0.2, -0.15) is 0 Å². The zero-order chi connectivity index (χ0) is 11.4. The summed E-state index contributed by atoms with van der Waals surface area (Å²) in [6.07, 6.45) is 3.41. The van der Waals surface area contributed by atoms with Crippen LogP contribution in [-0.4, -0.2) is 17.1 Å². The Kier molecular flexibility index (Phi) is 3.12. The number of pyridine rings is 2. The van der Waals surface area contributed by atoms with E-state index in [1.54, 1.807) is 19.5 Å². The van der Waals surface area contributed by atoms with Crippen LogP contribution in [0.1, 0.15) is 17.4 Å². The molecule has 0 bridgehead atoms. The van der Waals surface area contributed by atoms with Crippen LogP contribution in [0.5, 0.6) is 5.75 Å². The summed E-state index contributed by atoms with van der Waals surface area (Å²) in [5.41, 5.74) is 7.56. The minimum Gasteiger partial charge on any atom is -0.495 e. The third-order valence-corrected chi connectivity index (χ3v) is 2.32. The standard InChI is InChI=1S/C12H13N3O/c1-16-10-6-4-8-15-12(10)11(13)9-5-2-3-7-14-9/h2-8,11H,13H2,1H3. The van der Waals surface area contributed by atoms with Crippen LogP contribution in [0.2, 0.25) is 0 Å². The largest absolute Gasteiger partial charge is 0.495 e. The van der Waals surface area contributed by atoms with Crippen molar-refractivity contribution in [2.45, 2.75) is 6.04 Å². The summed E-state index contributed by atoms with van der Waals surface area (Å²) in [4.78, 5) is 8.45. The van der Waals surface area contributed by atoms with Crippen molar-refractivity contribution in [2.75, 3.05) is 7.11 Å². The molecule has 0 aliphatic carbocycles. The first kappa shape index (κ1) is 10.6. The Hall–Kier alpha value is -1.94. The van der Waals surface area contributed by atoms with Crippen LogP contribution in [0.15, 0.2) is 42.7 Å². The number of hydrogen-bond acceptors (Lipinski definition) is 4. The Morgan fingerprint density at radius 1 is 1.12 bits per heavy atom. The minimum atomic E-state index is -0.364. The lowest BCUT2D eigenvalue weighted by atomic mass is 10.1. The molecule has 0 amide bonds. The second-order valence-corrected chi connectivity index (χ2v) is 3.32. The molecule has 82 valence electrons. The molecule has 2 aromatic heterocycles. The zero-order valence-corrected chi connectivity index (χ0v) is 9.00. The van der Waals surface area contributed by atoms with Crippen LogP contribution in [-0.2, 0) is 0 Å². The smallest absolute Gasteiger partial charge is 0.142 e. The van der Waals surface area contributed by atoms with Crippen molar-refractivity contribution in [1.29, 1.82) is 0 Å². The van der Waals surface area contributed by atoms with Crippen molar-refractivity contribution in [2.24, 2.45) is 5.73 Å². The van der Waals surface area contributed by atoms with E-state index >= 15 is 0 Å². The zero-order valence-electron chi connectivity index (χ0n) is 9.00. The maximum Gasteiger partial charge on any atom is 0.142 e. The summed E-state index contributed by atoms with van der Waals surface area (Å²) in [7, 11) is 1.60. The van der Waals surface area contributed by atoms with Gasteiger partial charge in [0, 0.05) is 12.4 Å². The molecule has 2 heterocycles. The molecule has 0 aliphatic heterocycles.